The molecule has 3 nitrogen and oxygen atoms in total. The van der Waals surface area contributed by atoms with E-state index < -0.39 is 0 Å². The monoisotopic (exact) mass is 257 g/mol. The van der Waals surface area contributed by atoms with Crippen LogP contribution in [0.4, 0.5) is 15.9 Å². The molecular formula is C15H16FN3. The number of rotatable bonds is 2. The Morgan fingerprint density at radius 3 is 3.00 bits per heavy atom. The van der Waals surface area contributed by atoms with Crippen molar-refractivity contribution in [3.05, 3.63) is 53.5 Å². The molecule has 0 bridgehead atoms. The first-order valence-corrected chi connectivity index (χ1v) is 6.42. The standard InChI is InChI=1S/C15H16FN3/c1-10-6-11-4-2-3-5-14(11)19(10)15-12(8-17)7-13(16)9-18-15/h2-5,7,9-10H,6,8,17H2,1H3. The summed E-state index contributed by atoms with van der Waals surface area (Å²) in [6.07, 6.45) is 2.22. The van der Waals surface area contributed by atoms with Crippen molar-refractivity contribution in [1.29, 1.82) is 0 Å². The molecular weight excluding hydrogens is 241 g/mol. The highest BCUT2D eigenvalue weighted by Crippen LogP contribution is 2.38. The normalized spacial score (nSPS) is 17.6. The number of hydrogen-bond donors (Lipinski definition) is 1. The molecule has 0 fully saturated rings. The third kappa shape index (κ3) is 1.98. The van der Waals surface area contributed by atoms with Crippen LogP contribution in [-0.4, -0.2) is 11.0 Å². The van der Waals surface area contributed by atoms with Gasteiger partial charge >= 0.3 is 0 Å². The fraction of sp³-hybridized carbons (Fsp3) is 0.267. The lowest BCUT2D eigenvalue weighted by Crippen LogP contribution is -2.26. The molecule has 4 heteroatoms. The molecule has 1 aliphatic rings. The lowest BCUT2D eigenvalue weighted by molar-refractivity contribution is 0.617. The van der Waals surface area contributed by atoms with Crippen molar-refractivity contribution >= 4 is 11.5 Å². The number of benzene rings is 1. The molecule has 2 heterocycles. The number of anilines is 2. The molecule has 1 aromatic carbocycles. The van der Waals surface area contributed by atoms with E-state index in [2.05, 4.69) is 28.9 Å². The van der Waals surface area contributed by atoms with E-state index in [9.17, 15) is 4.39 Å². The predicted molar refractivity (Wildman–Crippen MR) is 73.8 cm³/mol. The molecule has 1 unspecified atom stereocenters. The van der Waals surface area contributed by atoms with Gasteiger partial charge in [0.05, 0.1) is 6.20 Å². The molecule has 2 aromatic rings. The van der Waals surface area contributed by atoms with Gasteiger partial charge in [-0.25, -0.2) is 9.37 Å². The van der Waals surface area contributed by atoms with Gasteiger partial charge in [0.2, 0.25) is 0 Å². The van der Waals surface area contributed by atoms with Crippen LogP contribution >= 0.6 is 0 Å². The maximum atomic E-state index is 13.3. The molecule has 0 amide bonds. The SMILES string of the molecule is CC1Cc2ccccc2N1c1ncc(F)cc1CN. The van der Waals surface area contributed by atoms with E-state index in [1.807, 2.05) is 12.1 Å². The lowest BCUT2D eigenvalue weighted by atomic mass is 10.1. The van der Waals surface area contributed by atoms with Gasteiger partial charge in [0.25, 0.3) is 0 Å². The zero-order valence-corrected chi connectivity index (χ0v) is 10.8. The van der Waals surface area contributed by atoms with Gasteiger partial charge in [-0.2, -0.15) is 0 Å². The average molecular weight is 257 g/mol. The van der Waals surface area contributed by atoms with Gasteiger partial charge in [-0.15, -0.1) is 0 Å². The summed E-state index contributed by atoms with van der Waals surface area (Å²) in [4.78, 5) is 6.40. The lowest BCUT2D eigenvalue weighted by Gasteiger charge is -2.25. The number of para-hydroxylation sites is 1. The third-order valence-electron chi connectivity index (χ3n) is 3.56. The van der Waals surface area contributed by atoms with Gasteiger partial charge in [0.15, 0.2) is 0 Å². The molecule has 2 N–H and O–H groups in total. The summed E-state index contributed by atoms with van der Waals surface area (Å²) >= 11 is 0. The summed E-state index contributed by atoms with van der Waals surface area (Å²) in [7, 11) is 0. The van der Waals surface area contributed by atoms with Crippen LogP contribution in [0.5, 0.6) is 0 Å². The van der Waals surface area contributed by atoms with Crippen molar-refractivity contribution in [1.82, 2.24) is 4.98 Å². The maximum absolute atomic E-state index is 13.3. The highest BCUT2D eigenvalue weighted by molar-refractivity contribution is 5.70. The van der Waals surface area contributed by atoms with Gasteiger partial charge in [-0.3, -0.25) is 0 Å². The minimum atomic E-state index is -0.343. The minimum absolute atomic E-state index is 0.283. The highest BCUT2D eigenvalue weighted by Gasteiger charge is 2.29. The minimum Gasteiger partial charge on any atom is -0.326 e. The predicted octanol–water partition coefficient (Wildman–Crippen LogP) is 2.76. The maximum Gasteiger partial charge on any atom is 0.141 e. The Hall–Kier alpha value is -1.94. The zero-order chi connectivity index (χ0) is 13.4. The summed E-state index contributed by atoms with van der Waals surface area (Å²) in [5, 5.41) is 0. The largest absolute Gasteiger partial charge is 0.326 e. The number of aromatic nitrogens is 1. The highest BCUT2D eigenvalue weighted by atomic mass is 19.1. The number of halogens is 1. The molecule has 1 aliphatic heterocycles. The van der Waals surface area contributed by atoms with Gasteiger partial charge in [-0.1, -0.05) is 18.2 Å². The van der Waals surface area contributed by atoms with E-state index in [1.54, 1.807) is 0 Å². The number of pyridine rings is 1. The second-order valence-corrected chi connectivity index (χ2v) is 4.89. The second-order valence-electron chi connectivity index (χ2n) is 4.89. The van der Waals surface area contributed by atoms with Crippen LogP contribution in [-0.2, 0) is 13.0 Å². The molecule has 0 saturated carbocycles. The smallest absolute Gasteiger partial charge is 0.141 e. The summed E-state index contributed by atoms with van der Waals surface area (Å²) < 4.78 is 13.3. The Bertz CT molecular complexity index is 612. The zero-order valence-electron chi connectivity index (χ0n) is 10.8. The molecule has 0 spiro atoms. The fourth-order valence-corrected chi connectivity index (χ4v) is 2.73. The molecule has 0 radical (unpaired) electrons. The van der Waals surface area contributed by atoms with Crippen LogP contribution < -0.4 is 10.6 Å². The second kappa shape index (κ2) is 4.63. The number of fused-ring (bicyclic) bond motifs is 1. The Labute approximate surface area is 111 Å². The van der Waals surface area contributed by atoms with Crippen LogP contribution in [0.2, 0.25) is 0 Å². The Morgan fingerprint density at radius 2 is 2.21 bits per heavy atom. The van der Waals surface area contributed by atoms with E-state index in [0.29, 0.717) is 6.04 Å². The first kappa shape index (κ1) is 12.1. The van der Waals surface area contributed by atoms with E-state index in [4.69, 9.17) is 5.73 Å². The van der Waals surface area contributed by atoms with Gasteiger partial charge in [0, 0.05) is 23.8 Å². The van der Waals surface area contributed by atoms with Crippen molar-refractivity contribution in [3.63, 3.8) is 0 Å². The van der Waals surface area contributed by atoms with E-state index in [1.165, 1.54) is 17.8 Å². The molecule has 19 heavy (non-hydrogen) atoms. The van der Waals surface area contributed by atoms with Crippen LogP contribution in [0, 0.1) is 5.82 Å². The first-order chi connectivity index (χ1) is 9.20. The average Bonchev–Trinajstić information content (AvgIpc) is 2.74. The third-order valence-corrected chi connectivity index (χ3v) is 3.56. The Morgan fingerprint density at radius 1 is 1.42 bits per heavy atom. The van der Waals surface area contributed by atoms with E-state index in [0.717, 1.165) is 23.5 Å². The van der Waals surface area contributed by atoms with Crippen molar-refractivity contribution in [2.24, 2.45) is 5.73 Å². The van der Waals surface area contributed by atoms with Gasteiger partial charge in [-0.05, 0) is 31.0 Å². The summed E-state index contributed by atoms with van der Waals surface area (Å²) in [5.41, 5.74) is 8.90. The van der Waals surface area contributed by atoms with Gasteiger partial charge < -0.3 is 10.6 Å². The number of hydrogen-bond acceptors (Lipinski definition) is 3. The van der Waals surface area contributed by atoms with Crippen molar-refractivity contribution < 1.29 is 4.39 Å². The van der Waals surface area contributed by atoms with Crippen LogP contribution in [0.1, 0.15) is 18.1 Å². The molecule has 1 atom stereocenters. The van der Waals surface area contributed by atoms with E-state index in [-0.39, 0.29) is 12.4 Å². The molecule has 3 rings (SSSR count). The topological polar surface area (TPSA) is 42.2 Å². The molecule has 0 saturated heterocycles. The number of nitrogens with two attached hydrogens (primary N) is 1. The summed E-state index contributed by atoms with van der Waals surface area (Å²) in [5.74, 6) is 0.422. The van der Waals surface area contributed by atoms with Crippen LogP contribution in [0.3, 0.4) is 0 Å². The fourth-order valence-electron chi connectivity index (χ4n) is 2.73. The van der Waals surface area contributed by atoms with Crippen LogP contribution in [0.25, 0.3) is 0 Å². The van der Waals surface area contributed by atoms with Gasteiger partial charge in [0.1, 0.15) is 11.6 Å². The molecule has 1 aromatic heterocycles. The first-order valence-electron chi connectivity index (χ1n) is 6.42. The molecule has 0 aliphatic carbocycles. The summed E-state index contributed by atoms with van der Waals surface area (Å²) in [6, 6.07) is 10.0. The Kier molecular flexibility index (Phi) is 2.95. The van der Waals surface area contributed by atoms with Crippen LogP contribution in [0.15, 0.2) is 36.5 Å². The van der Waals surface area contributed by atoms with Crippen molar-refractivity contribution in [2.75, 3.05) is 4.90 Å². The Balaban J connectivity index is 2.12. The van der Waals surface area contributed by atoms with Crippen molar-refractivity contribution in [3.8, 4) is 0 Å². The van der Waals surface area contributed by atoms with Crippen molar-refractivity contribution in [2.45, 2.75) is 25.9 Å². The summed E-state index contributed by atoms with van der Waals surface area (Å²) in [6.45, 7) is 2.43. The quantitative estimate of drug-likeness (QED) is 0.899. The molecule has 98 valence electrons. The number of nitrogens with zero attached hydrogens (tertiary/aromatic N) is 2. The van der Waals surface area contributed by atoms with E-state index >= 15 is 0 Å².